The van der Waals surface area contributed by atoms with Gasteiger partial charge in [-0.1, -0.05) is 197 Å². The molecule has 6 nitrogen and oxygen atoms in total. The molecule has 0 saturated carbocycles. The van der Waals surface area contributed by atoms with Crippen LogP contribution in [0.3, 0.4) is 0 Å². The van der Waals surface area contributed by atoms with Crippen LogP contribution in [0.4, 0.5) is 0 Å². The number of unbranched alkanes of at least 4 members (excludes halogenated alkanes) is 26. The molecule has 0 rings (SSSR count). The molecule has 0 aromatic heterocycles. The van der Waals surface area contributed by atoms with E-state index < -0.39 is 6.10 Å². The van der Waals surface area contributed by atoms with Gasteiger partial charge in [0.05, 0.1) is 0 Å². The molecule has 358 valence electrons. The van der Waals surface area contributed by atoms with Crippen molar-refractivity contribution in [1.82, 2.24) is 0 Å². The first kappa shape index (κ1) is 59.1. The molecule has 0 heterocycles. The highest BCUT2D eigenvalue weighted by Gasteiger charge is 2.19. The number of carbonyl (C=O) groups is 3. The van der Waals surface area contributed by atoms with Crippen LogP contribution in [0, 0.1) is 0 Å². The van der Waals surface area contributed by atoms with E-state index >= 15 is 0 Å². The molecule has 0 fully saturated rings. The molecule has 0 bridgehead atoms. The third-order valence-corrected chi connectivity index (χ3v) is 11.2. The molecule has 0 aromatic rings. The van der Waals surface area contributed by atoms with Crippen LogP contribution in [0.2, 0.25) is 0 Å². The van der Waals surface area contributed by atoms with Crippen molar-refractivity contribution in [2.75, 3.05) is 13.2 Å². The summed E-state index contributed by atoms with van der Waals surface area (Å²) in [5, 5.41) is 0. The lowest BCUT2D eigenvalue weighted by molar-refractivity contribution is -0.167. The molecule has 0 saturated heterocycles. The normalized spacial score (nSPS) is 12.5. The lowest BCUT2D eigenvalue weighted by atomic mass is 10.1. The SMILES string of the molecule is CC/C=C\C/C=C\C/C=C\CCCCCCC(=O)OC(COC(=O)CCCCC/C=C\CCCCCCCCC)COC(=O)CCCCCCC/C=C\CCCCCCCCC. The zero-order valence-electron chi connectivity index (χ0n) is 40.9. The zero-order valence-corrected chi connectivity index (χ0v) is 40.9. The number of carbonyl (C=O) groups excluding carboxylic acids is 3. The Morgan fingerprint density at radius 3 is 1.02 bits per heavy atom. The van der Waals surface area contributed by atoms with E-state index in [0.29, 0.717) is 19.3 Å². The number of rotatable bonds is 47. The molecule has 0 aliphatic rings. The summed E-state index contributed by atoms with van der Waals surface area (Å²) < 4.78 is 16.8. The van der Waals surface area contributed by atoms with Gasteiger partial charge in [-0.15, -0.1) is 0 Å². The van der Waals surface area contributed by atoms with Crippen molar-refractivity contribution < 1.29 is 28.6 Å². The Kier molecular flexibility index (Phi) is 48.4. The van der Waals surface area contributed by atoms with Gasteiger partial charge in [0.1, 0.15) is 13.2 Å². The second kappa shape index (κ2) is 50.8. The monoisotopic (exact) mass is 867 g/mol. The number of allylic oxidation sites excluding steroid dienone is 10. The van der Waals surface area contributed by atoms with Gasteiger partial charge in [-0.25, -0.2) is 0 Å². The predicted molar refractivity (Wildman–Crippen MR) is 265 cm³/mol. The summed E-state index contributed by atoms with van der Waals surface area (Å²) in [6.45, 7) is 6.49. The van der Waals surface area contributed by atoms with Gasteiger partial charge in [0, 0.05) is 19.3 Å². The smallest absolute Gasteiger partial charge is 0.306 e. The maximum atomic E-state index is 12.8. The summed E-state index contributed by atoms with van der Waals surface area (Å²) in [6.07, 6.45) is 62.0. The standard InChI is InChI=1S/C56H98O6/c1-4-7-10-13-16-19-22-25-28-29-32-34-37-40-43-46-49-55(58)61-52-53(62-56(59)50-47-44-41-38-35-31-27-24-21-18-15-12-9-6-3)51-60-54(57)48-45-42-39-36-33-30-26-23-20-17-14-11-8-5-2/h9,12,18,21,27-31,33,53H,4-8,10-11,13-17,19-20,22-26,32,34-52H2,1-3H3/b12-9-,21-18-,29-28-,31-27-,33-30-. The van der Waals surface area contributed by atoms with Crippen LogP contribution >= 0.6 is 0 Å². The summed E-state index contributed by atoms with van der Waals surface area (Å²) >= 11 is 0. The molecule has 62 heavy (non-hydrogen) atoms. The van der Waals surface area contributed by atoms with Gasteiger partial charge >= 0.3 is 17.9 Å². The molecule has 0 N–H and O–H groups in total. The second-order valence-electron chi connectivity index (χ2n) is 17.4. The number of hydrogen-bond donors (Lipinski definition) is 0. The Morgan fingerprint density at radius 1 is 0.339 bits per heavy atom. The summed E-state index contributed by atoms with van der Waals surface area (Å²) in [4.78, 5) is 38.0. The van der Waals surface area contributed by atoms with E-state index in [4.69, 9.17) is 14.2 Å². The van der Waals surface area contributed by atoms with Gasteiger partial charge in [0.15, 0.2) is 6.10 Å². The van der Waals surface area contributed by atoms with Crippen molar-refractivity contribution in [3.63, 3.8) is 0 Å². The maximum Gasteiger partial charge on any atom is 0.306 e. The summed E-state index contributed by atoms with van der Waals surface area (Å²) in [5.74, 6) is -0.934. The minimum absolute atomic E-state index is 0.0921. The molecule has 0 aliphatic carbocycles. The second-order valence-corrected chi connectivity index (χ2v) is 17.4. The van der Waals surface area contributed by atoms with Gasteiger partial charge in [-0.3, -0.25) is 14.4 Å². The first-order valence-corrected chi connectivity index (χ1v) is 26.3. The van der Waals surface area contributed by atoms with Crippen LogP contribution in [-0.2, 0) is 28.6 Å². The van der Waals surface area contributed by atoms with E-state index in [1.807, 2.05) is 0 Å². The van der Waals surface area contributed by atoms with E-state index in [9.17, 15) is 14.4 Å². The van der Waals surface area contributed by atoms with Gasteiger partial charge in [0.2, 0.25) is 0 Å². The van der Waals surface area contributed by atoms with Crippen LogP contribution in [0.25, 0.3) is 0 Å². The zero-order chi connectivity index (χ0) is 45.1. The lowest BCUT2D eigenvalue weighted by Gasteiger charge is -2.18. The van der Waals surface area contributed by atoms with Crippen LogP contribution in [0.5, 0.6) is 0 Å². The van der Waals surface area contributed by atoms with E-state index in [1.165, 1.54) is 109 Å². The highest BCUT2D eigenvalue weighted by molar-refractivity contribution is 5.71. The van der Waals surface area contributed by atoms with Crippen molar-refractivity contribution in [3.05, 3.63) is 60.8 Å². The molecule has 0 aromatic carbocycles. The van der Waals surface area contributed by atoms with Crippen molar-refractivity contribution in [3.8, 4) is 0 Å². The summed E-state index contributed by atoms with van der Waals surface area (Å²) in [5.41, 5.74) is 0. The number of ether oxygens (including phenoxy) is 3. The van der Waals surface area contributed by atoms with E-state index in [0.717, 1.165) is 109 Å². The highest BCUT2D eigenvalue weighted by atomic mass is 16.6. The molecular formula is C56H98O6. The van der Waals surface area contributed by atoms with Crippen molar-refractivity contribution in [1.29, 1.82) is 0 Å². The fourth-order valence-electron chi connectivity index (χ4n) is 7.27. The topological polar surface area (TPSA) is 78.9 Å². The number of esters is 3. The molecule has 0 aliphatic heterocycles. The predicted octanol–water partition coefficient (Wildman–Crippen LogP) is 17.3. The molecule has 6 heteroatoms. The van der Waals surface area contributed by atoms with E-state index in [-0.39, 0.29) is 31.1 Å². The average Bonchev–Trinajstić information content (AvgIpc) is 3.27. The Morgan fingerprint density at radius 2 is 0.629 bits per heavy atom. The molecule has 0 radical (unpaired) electrons. The van der Waals surface area contributed by atoms with Gasteiger partial charge in [-0.05, 0) is 103 Å². The largest absolute Gasteiger partial charge is 0.462 e. The van der Waals surface area contributed by atoms with Gasteiger partial charge in [0.25, 0.3) is 0 Å². The Labute approximate surface area is 383 Å². The Hall–Kier alpha value is -2.89. The molecule has 1 unspecified atom stereocenters. The minimum Gasteiger partial charge on any atom is -0.462 e. The van der Waals surface area contributed by atoms with Crippen LogP contribution in [-0.4, -0.2) is 37.2 Å². The van der Waals surface area contributed by atoms with Crippen LogP contribution in [0.15, 0.2) is 60.8 Å². The third-order valence-electron chi connectivity index (χ3n) is 11.2. The highest BCUT2D eigenvalue weighted by Crippen LogP contribution is 2.14. The van der Waals surface area contributed by atoms with Crippen LogP contribution in [0.1, 0.15) is 258 Å². The minimum atomic E-state index is -0.794. The maximum absolute atomic E-state index is 12.8. The van der Waals surface area contributed by atoms with E-state index in [1.54, 1.807) is 0 Å². The van der Waals surface area contributed by atoms with Crippen molar-refractivity contribution >= 4 is 17.9 Å². The van der Waals surface area contributed by atoms with Crippen molar-refractivity contribution in [2.24, 2.45) is 0 Å². The fraction of sp³-hybridized carbons (Fsp3) is 0.768. The van der Waals surface area contributed by atoms with Crippen molar-refractivity contribution in [2.45, 2.75) is 264 Å². The first-order chi connectivity index (χ1) is 30.5. The summed E-state index contributed by atoms with van der Waals surface area (Å²) in [7, 11) is 0. The lowest BCUT2D eigenvalue weighted by Crippen LogP contribution is -2.30. The van der Waals surface area contributed by atoms with Crippen LogP contribution < -0.4 is 0 Å². The van der Waals surface area contributed by atoms with Gasteiger partial charge in [-0.2, -0.15) is 0 Å². The third kappa shape index (κ3) is 48.1. The Balaban J connectivity index is 4.43. The fourth-order valence-corrected chi connectivity index (χ4v) is 7.27. The summed E-state index contributed by atoms with van der Waals surface area (Å²) in [6, 6.07) is 0. The molecular weight excluding hydrogens is 769 g/mol. The first-order valence-electron chi connectivity index (χ1n) is 26.3. The van der Waals surface area contributed by atoms with Gasteiger partial charge < -0.3 is 14.2 Å². The molecule has 0 amide bonds. The quantitative estimate of drug-likeness (QED) is 0.0262. The Bertz CT molecular complexity index is 1130. The van der Waals surface area contributed by atoms with E-state index in [2.05, 4.69) is 81.5 Å². The average molecular weight is 867 g/mol. The molecule has 1 atom stereocenters. The number of hydrogen-bond acceptors (Lipinski definition) is 6. The molecule has 0 spiro atoms.